The minimum Gasteiger partial charge on any atom is -0.456 e. The highest BCUT2D eigenvalue weighted by molar-refractivity contribution is 9.10. The van der Waals surface area contributed by atoms with E-state index in [1.165, 1.54) is 18.2 Å². The summed E-state index contributed by atoms with van der Waals surface area (Å²) in [7, 11) is 0. The molecule has 0 saturated carbocycles. The van der Waals surface area contributed by atoms with Gasteiger partial charge in [0.05, 0.1) is 10.6 Å². The van der Waals surface area contributed by atoms with E-state index in [1.54, 1.807) is 0 Å². The van der Waals surface area contributed by atoms with Crippen LogP contribution in [-0.4, -0.2) is 23.4 Å². The van der Waals surface area contributed by atoms with Crippen LogP contribution >= 0.6 is 15.9 Å². The van der Waals surface area contributed by atoms with Crippen LogP contribution in [0.25, 0.3) is 0 Å². The zero-order valence-electron chi connectivity index (χ0n) is 13.1. The number of aryl methyl sites for hydroxylation is 1. The second-order valence-electron chi connectivity index (χ2n) is 5.12. The Morgan fingerprint density at radius 2 is 1.88 bits per heavy atom. The van der Waals surface area contributed by atoms with Gasteiger partial charge in [-0.3, -0.25) is 19.7 Å². The number of nitrogens with zero attached hydrogens (tertiary/aromatic N) is 1. The lowest BCUT2D eigenvalue weighted by Gasteiger charge is -2.08. The number of nitro benzene ring substituents is 1. The Balaban J connectivity index is 1.78. The number of carbonyl (C=O) groups is 2. The number of nitro groups is 1. The van der Waals surface area contributed by atoms with Crippen molar-refractivity contribution < 1.29 is 19.2 Å². The number of anilines is 1. The quantitative estimate of drug-likeness (QED) is 0.431. The molecule has 1 N–H and O–H groups in total. The van der Waals surface area contributed by atoms with Crippen molar-refractivity contribution in [2.75, 3.05) is 11.9 Å². The van der Waals surface area contributed by atoms with Crippen molar-refractivity contribution in [3.8, 4) is 0 Å². The van der Waals surface area contributed by atoms with E-state index in [4.69, 9.17) is 4.74 Å². The lowest BCUT2D eigenvalue weighted by Crippen LogP contribution is -2.21. The first-order valence-corrected chi connectivity index (χ1v) is 8.18. The minimum absolute atomic E-state index is 0.0998. The largest absolute Gasteiger partial charge is 0.456 e. The molecule has 0 aliphatic carbocycles. The van der Waals surface area contributed by atoms with Crippen LogP contribution in [0.4, 0.5) is 11.4 Å². The van der Waals surface area contributed by atoms with Crippen molar-refractivity contribution in [1.82, 2.24) is 0 Å². The number of carbonyl (C=O) groups excluding carboxylic acids is 2. The molecule has 2 aromatic carbocycles. The third-order valence-corrected chi connectivity index (χ3v) is 3.92. The maximum Gasteiger partial charge on any atom is 0.306 e. The zero-order valence-corrected chi connectivity index (χ0v) is 14.7. The third kappa shape index (κ3) is 6.00. The maximum absolute atomic E-state index is 11.8. The lowest BCUT2D eigenvalue weighted by molar-refractivity contribution is -0.384. The van der Waals surface area contributed by atoms with Crippen molar-refractivity contribution in [3.63, 3.8) is 0 Å². The predicted molar refractivity (Wildman–Crippen MR) is 95.1 cm³/mol. The van der Waals surface area contributed by atoms with E-state index in [0.29, 0.717) is 16.6 Å². The Hall–Kier alpha value is -2.74. The standard InChI is InChI=1S/C17H15BrN2O5/c18-14-10-13(20(23)24)7-8-15(14)19-16(21)11-25-17(22)9-6-12-4-2-1-3-5-12/h1-5,7-8,10H,6,9,11H2,(H,19,21). The lowest BCUT2D eigenvalue weighted by atomic mass is 10.1. The molecule has 0 saturated heterocycles. The molecule has 2 aromatic rings. The number of hydrogen-bond acceptors (Lipinski definition) is 5. The molecule has 25 heavy (non-hydrogen) atoms. The van der Waals surface area contributed by atoms with Crippen LogP contribution in [0.5, 0.6) is 0 Å². The minimum atomic E-state index is -0.537. The number of nitrogens with one attached hydrogen (secondary N) is 1. The summed E-state index contributed by atoms with van der Waals surface area (Å²) in [6, 6.07) is 13.4. The molecule has 0 spiro atoms. The van der Waals surface area contributed by atoms with E-state index in [0.717, 1.165) is 5.56 Å². The van der Waals surface area contributed by atoms with Gasteiger partial charge in [-0.05, 0) is 34.0 Å². The van der Waals surface area contributed by atoms with Gasteiger partial charge < -0.3 is 10.1 Å². The van der Waals surface area contributed by atoms with E-state index < -0.39 is 23.4 Å². The number of rotatable bonds is 7. The molecular weight excluding hydrogens is 392 g/mol. The van der Waals surface area contributed by atoms with Crippen LogP contribution in [0.3, 0.4) is 0 Å². The molecular formula is C17H15BrN2O5. The first-order chi connectivity index (χ1) is 12.0. The van der Waals surface area contributed by atoms with Gasteiger partial charge >= 0.3 is 5.97 Å². The summed E-state index contributed by atoms with van der Waals surface area (Å²) >= 11 is 3.15. The van der Waals surface area contributed by atoms with Gasteiger partial charge in [0.15, 0.2) is 6.61 Å². The summed E-state index contributed by atoms with van der Waals surface area (Å²) in [6.45, 7) is -0.420. The van der Waals surface area contributed by atoms with E-state index in [2.05, 4.69) is 21.2 Å². The Morgan fingerprint density at radius 3 is 2.52 bits per heavy atom. The molecule has 0 fully saturated rings. The number of hydrogen-bond donors (Lipinski definition) is 1. The highest BCUT2D eigenvalue weighted by atomic mass is 79.9. The second kappa shape index (κ2) is 8.93. The number of esters is 1. The van der Waals surface area contributed by atoms with Crippen LogP contribution in [0.1, 0.15) is 12.0 Å². The Labute approximate surface area is 152 Å². The van der Waals surface area contributed by atoms with Crippen LogP contribution in [-0.2, 0) is 20.7 Å². The molecule has 0 aliphatic rings. The predicted octanol–water partition coefficient (Wildman–Crippen LogP) is 3.47. The fourth-order valence-electron chi connectivity index (χ4n) is 2.01. The van der Waals surface area contributed by atoms with Crippen molar-refractivity contribution in [3.05, 3.63) is 68.7 Å². The second-order valence-corrected chi connectivity index (χ2v) is 5.97. The van der Waals surface area contributed by atoms with Crippen molar-refractivity contribution in [2.45, 2.75) is 12.8 Å². The normalized spacial score (nSPS) is 10.1. The molecule has 0 heterocycles. The average Bonchev–Trinajstić information content (AvgIpc) is 2.60. The van der Waals surface area contributed by atoms with Crippen molar-refractivity contribution >= 4 is 39.2 Å². The van der Waals surface area contributed by atoms with Gasteiger partial charge in [0.2, 0.25) is 0 Å². The van der Waals surface area contributed by atoms with Gasteiger partial charge in [-0.1, -0.05) is 30.3 Å². The molecule has 2 rings (SSSR count). The number of amides is 1. The SMILES string of the molecule is O=C(COC(=O)CCc1ccccc1)Nc1ccc([N+](=O)[O-])cc1Br. The summed E-state index contributed by atoms with van der Waals surface area (Å²) in [5, 5.41) is 13.2. The van der Waals surface area contributed by atoms with Gasteiger partial charge in [0, 0.05) is 23.0 Å². The monoisotopic (exact) mass is 406 g/mol. The summed E-state index contributed by atoms with van der Waals surface area (Å²) < 4.78 is 5.29. The van der Waals surface area contributed by atoms with Gasteiger partial charge in [0.1, 0.15) is 0 Å². The van der Waals surface area contributed by atoms with Crippen LogP contribution in [0.15, 0.2) is 53.0 Å². The molecule has 0 unspecified atom stereocenters. The van der Waals surface area contributed by atoms with Crippen molar-refractivity contribution in [1.29, 1.82) is 0 Å². The van der Waals surface area contributed by atoms with Crippen LogP contribution < -0.4 is 5.32 Å². The van der Waals surface area contributed by atoms with Gasteiger partial charge in [0.25, 0.3) is 11.6 Å². The van der Waals surface area contributed by atoms with Crippen LogP contribution in [0, 0.1) is 10.1 Å². The molecule has 1 amide bonds. The summed E-state index contributed by atoms with van der Waals surface area (Å²) in [6.07, 6.45) is 0.716. The molecule has 7 nitrogen and oxygen atoms in total. The fourth-order valence-corrected chi connectivity index (χ4v) is 2.48. The molecule has 0 aromatic heterocycles. The highest BCUT2D eigenvalue weighted by Gasteiger charge is 2.12. The Bertz CT molecular complexity index is 780. The number of non-ortho nitro benzene ring substituents is 1. The zero-order chi connectivity index (χ0) is 18.2. The molecule has 130 valence electrons. The van der Waals surface area contributed by atoms with E-state index >= 15 is 0 Å². The number of halogens is 1. The molecule has 0 atom stereocenters. The summed E-state index contributed by atoms with van der Waals surface area (Å²) in [4.78, 5) is 33.6. The van der Waals surface area contributed by atoms with E-state index in [-0.39, 0.29) is 12.1 Å². The smallest absolute Gasteiger partial charge is 0.306 e. The fraction of sp³-hybridized carbons (Fsp3) is 0.176. The summed E-state index contributed by atoms with van der Waals surface area (Å²) in [5.41, 5.74) is 1.27. The summed E-state index contributed by atoms with van der Waals surface area (Å²) in [5.74, 6) is -0.996. The van der Waals surface area contributed by atoms with Gasteiger partial charge in [-0.25, -0.2) is 0 Å². The molecule has 0 aliphatic heterocycles. The maximum atomic E-state index is 11.8. The van der Waals surface area contributed by atoms with E-state index in [9.17, 15) is 19.7 Å². The van der Waals surface area contributed by atoms with Gasteiger partial charge in [-0.2, -0.15) is 0 Å². The van der Waals surface area contributed by atoms with Crippen molar-refractivity contribution in [2.24, 2.45) is 0 Å². The van der Waals surface area contributed by atoms with E-state index in [1.807, 2.05) is 30.3 Å². The third-order valence-electron chi connectivity index (χ3n) is 3.26. The van der Waals surface area contributed by atoms with Gasteiger partial charge in [-0.15, -0.1) is 0 Å². The topological polar surface area (TPSA) is 98.5 Å². The first kappa shape index (κ1) is 18.6. The first-order valence-electron chi connectivity index (χ1n) is 7.39. The highest BCUT2D eigenvalue weighted by Crippen LogP contribution is 2.26. The van der Waals surface area contributed by atoms with Crippen LogP contribution in [0.2, 0.25) is 0 Å². The Morgan fingerprint density at radius 1 is 1.16 bits per heavy atom. The number of benzene rings is 2. The average molecular weight is 407 g/mol. The number of ether oxygens (including phenoxy) is 1. The molecule has 0 radical (unpaired) electrons. The molecule has 0 bridgehead atoms. The Kier molecular flexibility index (Phi) is 6.64. The molecule has 8 heteroatoms.